The molecular formula is C9H8Cl2N2OS. The lowest BCUT2D eigenvalue weighted by molar-refractivity contribution is 0.0959. The zero-order valence-corrected chi connectivity index (χ0v) is 9.92. The Labute approximate surface area is 103 Å². The van der Waals surface area contributed by atoms with Gasteiger partial charge in [-0.1, -0.05) is 35.4 Å². The highest BCUT2D eigenvalue weighted by molar-refractivity contribution is 7.80. The van der Waals surface area contributed by atoms with E-state index in [9.17, 15) is 4.79 Å². The van der Waals surface area contributed by atoms with Crippen LogP contribution >= 0.6 is 35.4 Å². The maximum atomic E-state index is 11.5. The van der Waals surface area contributed by atoms with E-state index in [-0.39, 0.29) is 17.4 Å². The van der Waals surface area contributed by atoms with E-state index < -0.39 is 0 Å². The van der Waals surface area contributed by atoms with Crippen molar-refractivity contribution in [2.75, 3.05) is 6.54 Å². The van der Waals surface area contributed by atoms with Gasteiger partial charge in [0.2, 0.25) is 0 Å². The second kappa shape index (κ2) is 5.30. The Bertz CT molecular complexity index is 389. The summed E-state index contributed by atoms with van der Waals surface area (Å²) in [4.78, 5) is 11.7. The average Bonchev–Trinajstić information content (AvgIpc) is 2.12. The molecular weight excluding hydrogens is 255 g/mol. The highest BCUT2D eigenvalue weighted by atomic mass is 35.5. The van der Waals surface area contributed by atoms with Gasteiger partial charge >= 0.3 is 0 Å². The van der Waals surface area contributed by atoms with Crippen molar-refractivity contribution in [3.05, 3.63) is 33.8 Å². The van der Waals surface area contributed by atoms with Gasteiger partial charge in [0, 0.05) is 15.6 Å². The molecule has 3 nitrogen and oxygen atoms in total. The number of benzene rings is 1. The molecule has 0 radical (unpaired) electrons. The van der Waals surface area contributed by atoms with E-state index >= 15 is 0 Å². The van der Waals surface area contributed by atoms with Gasteiger partial charge in [0.05, 0.1) is 11.5 Å². The third kappa shape index (κ3) is 4.03. The number of amides is 1. The van der Waals surface area contributed by atoms with E-state index in [1.54, 1.807) is 6.07 Å². The molecule has 15 heavy (non-hydrogen) atoms. The molecule has 0 aromatic heterocycles. The van der Waals surface area contributed by atoms with Crippen LogP contribution in [-0.4, -0.2) is 17.4 Å². The molecule has 0 fully saturated rings. The van der Waals surface area contributed by atoms with E-state index in [1.165, 1.54) is 12.1 Å². The fourth-order valence-electron chi connectivity index (χ4n) is 0.954. The first-order valence-corrected chi connectivity index (χ1v) is 5.18. The van der Waals surface area contributed by atoms with Crippen molar-refractivity contribution in [3.63, 3.8) is 0 Å². The fourth-order valence-corrected chi connectivity index (χ4v) is 1.55. The van der Waals surface area contributed by atoms with E-state index in [4.69, 9.17) is 28.9 Å². The van der Waals surface area contributed by atoms with Crippen LogP contribution in [0.3, 0.4) is 0 Å². The molecule has 1 amide bonds. The van der Waals surface area contributed by atoms with Crippen LogP contribution in [0.25, 0.3) is 0 Å². The van der Waals surface area contributed by atoms with Crippen molar-refractivity contribution in [2.45, 2.75) is 0 Å². The number of carbonyl (C=O) groups is 1. The number of carbonyl (C=O) groups excluding carboxylic acids is 1. The normalized spacial score (nSPS) is 9.73. The van der Waals surface area contributed by atoms with Gasteiger partial charge in [0.25, 0.3) is 5.91 Å². The third-order valence-electron chi connectivity index (χ3n) is 1.55. The van der Waals surface area contributed by atoms with E-state index in [0.29, 0.717) is 15.6 Å². The van der Waals surface area contributed by atoms with Gasteiger partial charge in [-0.2, -0.15) is 0 Å². The zero-order chi connectivity index (χ0) is 11.4. The van der Waals surface area contributed by atoms with Crippen LogP contribution in [0, 0.1) is 0 Å². The van der Waals surface area contributed by atoms with Crippen molar-refractivity contribution < 1.29 is 4.79 Å². The van der Waals surface area contributed by atoms with Gasteiger partial charge < -0.3 is 11.1 Å². The van der Waals surface area contributed by atoms with Crippen molar-refractivity contribution >= 4 is 46.3 Å². The van der Waals surface area contributed by atoms with E-state index in [2.05, 4.69) is 17.5 Å². The molecule has 80 valence electrons. The Morgan fingerprint density at radius 3 is 2.33 bits per heavy atom. The van der Waals surface area contributed by atoms with Crippen LogP contribution in [0.4, 0.5) is 0 Å². The molecule has 0 spiro atoms. The fraction of sp³-hybridized carbons (Fsp3) is 0.111. The minimum Gasteiger partial charge on any atom is -0.392 e. The number of rotatable bonds is 3. The first-order valence-electron chi connectivity index (χ1n) is 4.01. The summed E-state index contributed by atoms with van der Waals surface area (Å²) in [7, 11) is 0. The van der Waals surface area contributed by atoms with Crippen molar-refractivity contribution in [3.8, 4) is 0 Å². The monoisotopic (exact) mass is 262 g/mol. The molecule has 1 aromatic rings. The number of hydrogen-bond donors (Lipinski definition) is 2. The van der Waals surface area contributed by atoms with Crippen molar-refractivity contribution in [2.24, 2.45) is 5.73 Å². The van der Waals surface area contributed by atoms with Gasteiger partial charge in [-0.3, -0.25) is 4.79 Å². The number of halogens is 2. The molecule has 0 atom stereocenters. The number of thiocarbonyl (C=S) groups is 1. The second-order valence-electron chi connectivity index (χ2n) is 2.81. The molecule has 6 heteroatoms. The summed E-state index contributed by atoms with van der Waals surface area (Å²) in [5.41, 5.74) is 5.62. The lowest BCUT2D eigenvalue weighted by Crippen LogP contribution is -2.32. The van der Waals surface area contributed by atoms with Crippen LogP contribution in [0.2, 0.25) is 10.0 Å². The van der Waals surface area contributed by atoms with Crippen LogP contribution in [0.5, 0.6) is 0 Å². The third-order valence-corrected chi connectivity index (χ3v) is 2.13. The van der Waals surface area contributed by atoms with Crippen LogP contribution < -0.4 is 11.1 Å². The summed E-state index contributed by atoms with van der Waals surface area (Å²) >= 11 is 16.1. The summed E-state index contributed by atoms with van der Waals surface area (Å²) < 4.78 is 0. The number of nitrogens with one attached hydrogen (secondary N) is 1. The molecule has 0 aliphatic rings. The smallest absolute Gasteiger partial charge is 0.251 e. The zero-order valence-electron chi connectivity index (χ0n) is 7.59. The topological polar surface area (TPSA) is 55.1 Å². The van der Waals surface area contributed by atoms with Gasteiger partial charge in [0.1, 0.15) is 0 Å². The molecule has 0 bridgehead atoms. The summed E-state index contributed by atoms with van der Waals surface area (Å²) in [6, 6.07) is 4.58. The number of nitrogens with two attached hydrogens (primary N) is 1. The molecule has 0 heterocycles. The Morgan fingerprint density at radius 2 is 1.87 bits per heavy atom. The Hall–Kier alpha value is -0.840. The van der Waals surface area contributed by atoms with Gasteiger partial charge in [0.15, 0.2) is 0 Å². The van der Waals surface area contributed by atoms with Gasteiger partial charge in [-0.05, 0) is 18.2 Å². The predicted molar refractivity (Wildman–Crippen MR) is 65.6 cm³/mol. The molecule has 3 N–H and O–H groups in total. The lowest BCUT2D eigenvalue weighted by Gasteiger charge is -2.04. The summed E-state index contributed by atoms with van der Waals surface area (Å²) in [5, 5.41) is 3.34. The molecule has 0 saturated heterocycles. The average molecular weight is 263 g/mol. The molecule has 1 aromatic carbocycles. The highest BCUT2D eigenvalue weighted by Crippen LogP contribution is 2.18. The molecule has 1 rings (SSSR count). The SMILES string of the molecule is NC(=S)CNC(=O)c1cc(Cl)cc(Cl)c1. The molecule has 0 saturated carbocycles. The van der Waals surface area contributed by atoms with Gasteiger partial charge in [-0.15, -0.1) is 0 Å². The summed E-state index contributed by atoms with van der Waals surface area (Å²) in [5.74, 6) is -0.313. The molecule has 0 aliphatic carbocycles. The minimum absolute atomic E-state index is 0.151. The quantitative estimate of drug-likeness (QED) is 0.820. The Morgan fingerprint density at radius 1 is 1.33 bits per heavy atom. The van der Waals surface area contributed by atoms with E-state index in [0.717, 1.165) is 0 Å². The maximum Gasteiger partial charge on any atom is 0.251 e. The van der Waals surface area contributed by atoms with Crippen molar-refractivity contribution in [1.29, 1.82) is 0 Å². The lowest BCUT2D eigenvalue weighted by atomic mass is 10.2. The largest absolute Gasteiger partial charge is 0.392 e. The minimum atomic E-state index is -0.313. The van der Waals surface area contributed by atoms with Crippen LogP contribution in [0.1, 0.15) is 10.4 Å². The number of hydrogen-bond acceptors (Lipinski definition) is 2. The first-order chi connectivity index (χ1) is 6.99. The van der Waals surface area contributed by atoms with Crippen LogP contribution in [0.15, 0.2) is 18.2 Å². The van der Waals surface area contributed by atoms with Crippen LogP contribution in [-0.2, 0) is 0 Å². The van der Waals surface area contributed by atoms with E-state index in [1.807, 2.05) is 0 Å². The van der Waals surface area contributed by atoms with Crippen molar-refractivity contribution in [1.82, 2.24) is 5.32 Å². The molecule has 0 aliphatic heterocycles. The Kier molecular flexibility index (Phi) is 4.32. The highest BCUT2D eigenvalue weighted by Gasteiger charge is 2.07. The second-order valence-corrected chi connectivity index (χ2v) is 4.20. The van der Waals surface area contributed by atoms with Gasteiger partial charge in [-0.25, -0.2) is 0 Å². The maximum absolute atomic E-state index is 11.5. The predicted octanol–water partition coefficient (Wildman–Crippen LogP) is 2.01. The first kappa shape index (κ1) is 12.2. The molecule has 0 unspecified atom stereocenters. The summed E-state index contributed by atoms with van der Waals surface area (Å²) in [6.45, 7) is 0.151. The summed E-state index contributed by atoms with van der Waals surface area (Å²) in [6.07, 6.45) is 0. The Balaban J connectivity index is 2.77. The standard InChI is InChI=1S/C9H8Cl2N2OS/c10-6-1-5(2-7(11)3-6)9(14)13-4-8(12)15/h1-3H,4H2,(H2,12,15)(H,13,14).